The molecular weight excluding hydrogens is 335 g/mol. The van der Waals surface area contributed by atoms with E-state index in [1.165, 1.54) is 12.1 Å². The Morgan fingerprint density at radius 2 is 1.80 bits per heavy atom. The van der Waals surface area contributed by atoms with E-state index in [1.54, 1.807) is 23.0 Å². The molecule has 102 valence electrons. The maximum atomic E-state index is 12.5. The van der Waals surface area contributed by atoms with Crippen molar-refractivity contribution in [2.45, 2.75) is 6.18 Å². The van der Waals surface area contributed by atoms with E-state index in [-0.39, 0.29) is 0 Å². The van der Waals surface area contributed by atoms with Gasteiger partial charge in [0.05, 0.1) is 15.7 Å². The molecule has 0 aliphatic carbocycles. The molecule has 2 heterocycles. The topological polar surface area (TPSA) is 30.2 Å². The van der Waals surface area contributed by atoms with Gasteiger partial charge in [-0.3, -0.25) is 0 Å². The van der Waals surface area contributed by atoms with Gasteiger partial charge in [-0.1, -0.05) is 12.1 Å². The number of nitrogens with zero attached hydrogens (tertiary/aromatic N) is 3. The summed E-state index contributed by atoms with van der Waals surface area (Å²) in [6.07, 6.45) is -1.06. The van der Waals surface area contributed by atoms with Gasteiger partial charge in [0.15, 0.2) is 5.65 Å². The van der Waals surface area contributed by atoms with Gasteiger partial charge in [-0.2, -0.15) is 18.3 Å². The molecule has 0 unspecified atom stereocenters. The summed E-state index contributed by atoms with van der Waals surface area (Å²) in [6, 6.07) is 6.62. The Bertz CT molecular complexity index is 763. The van der Waals surface area contributed by atoms with Gasteiger partial charge < -0.3 is 0 Å². The second-order valence-electron chi connectivity index (χ2n) is 4.15. The zero-order valence-corrected chi connectivity index (χ0v) is 11.5. The third-order valence-electron chi connectivity index (χ3n) is 2.82. The standard InChI is InChI=1S/C13H7BrF3N3/c14-10-7-11(19-20-6-5-18-12(10)20)8-1-3-9(4-2-8)13(15,16)17/h1-7H. The largest absolute Gasteiger partial charge is 0.416 e. The van der Waals surface area contributed by atoms with Gasteiger partial charge in [-0.05, 0) is 34.1 Å². The summed E-state index contributed by atoms with van der Waals surface area (Å²) in [7, 11) is 0. The molecule has 0 atom stereocenters. The van der Waals surface area contributed by atoms with Crippen molar-refractivity contribution in [1.29, 1.82) is 0 Å². The SMILES string of the molecule is FC(F)(F)c1ccc(-c2cc(Br)c3nccn3n2)cc1. The van der Waals surface area contributed by atoms with Crippen molar-refractivity contribution in [3.8, 4) is 11.3 Å². The molecule has 0 aliphatic heterocycles. The monoisotopic (exact) mass is 341 g/mol. The molecule has 3 rings (SSSR count). The van der Waals surface area contributed by atoms with Crippen molar-refractivity contribution in [2.75, 3.05) is 0 Å². The summed E-state index contributed by atoms with van der Waals surface area (Å²) in [5.41, 5.74) is 1.15. The van der Waals surface area contributed by atoms with Crippen LogP contribution in [0.5, 0.6) is 0 Å². The van der Waals surface area contributed by atoms with Crippen LogP contribution in [-0.4, -0.2) is 14.6 Å². The molecule has 0 bridgehead atoms. The van der Waals surface area contributed by atoms with E-state index in [0.29, 0.717) is 16.9 Å². The van der Waals surface area contributed by atoms with E-state index >= 15 is 0 Å². The number of aromatic nitrogens is 3. The van der Waals surface area contributed by atoms with Crippen molar-refractivity contribution in [3.63, 3.8) is 0 Å². The van der Waals surface area contributed by atoms with E-state index in [4.69, 9.17) is 0 Å². The number of halogens is 4. The molecule has 0 N–H and O–H groups in total. The summed E-state index contributed by atoms with van der Waals surface area (Å²) < 4.78 is 39.8. The van der Waals surface area contributed by atoms with Crippen LogP contribution in [0.15, 0.2) is 47.2 Å². The molecule has 0 saturated carbocycles. The number of hydrogen-bond acceptors (Lipinski definition) is 2. The highest BCUT2D eigenvalue weighted by Gasteiger charge is 2.30. The summed E-state index contributed by atoms with van der Waals surface area (Å²) in [5, 5.41) is 4.30. The minimum atomic E-state index is -4.33. The van der Waals surface area contributed by atoms with Crippen LogP contribution in [0.3, 0.4) is 0 Å². The zero-order valence-electron chi connectivity index (χ0n) is 9.89. The van der Waals surface area contributed by atoms with Crippen LogP contribution in [0.25, 0.3) is 16.9 Å². The lowest BCUT2D eigenvalue weighted by Crippen LogP contribution is -2.04. The second kappa shape index (κ2) is 4.59. The number of hydrogen-bond donors (Lipinski definition) is 0. The molecule has 20 heavy (non-hydrogen) atoms. The first-order valence-electron chi connectivity index (χ1n) is 5.63. The van der Waals surface area contributed by atoms with Crippen LogP contribution in [0, 0.1) is 0 Å². The molecule has 3 nitrogen and oxygen atoms in total. The Kier molecular flexibility index (Phi) is 3.01. The van der Waals surface area contributed by atoms with Crippen LogP contribution in [0.4, 0.5) is 13.2 Å². The molecule has 0 spiro atoms. The van der Waals surface area contributed by atoms with Gasteiger partial charge in [-0.25, -0.2) is 9.50 Å². The predicted molar refractivity (Wildman–Crippen MR) is 71.1 cm³/mol. The van der Waals surface area contributed by atoms with Crippen molar-refractivity contribution in [3.05, 3.63) is 52.8 Å². The smallest absolute Gasteiger partial charge is 0.235 e. The molecule has 0 aliphatic rings. The average Bonchev–Trinajstić information content (AvgIpc) is 2.86. The minimum absolute atomic E-state index is 0.566. The molecule has 1 aromatic carbocycles. The zero-order chi connectivity index (χ0) is 14.3. The van der Waals surface area contributed by atoms with Crippen molar-refractivity contribution in [2.24, 2.45) is 0 Å². The fraction of sp³-hybridized carbons (Fsp3) is 0.0769. The summed E-state index contributed by atoms with van der Waals surface area (Å²) in [6.45, 7) is 0. The number of benzene rings is 1. The van der Waals surface area contributed by atoms with Gasteiger partial charge in [0.25, 0.3) is 0 Å². The Labute approximate surface area is 120 Å². The quantitative estimate of drug-likeness (QED) is 0.664. The highest BCUT2D eigenvalue weighted by Crippen LogP contribution is 2.31. The molecule has 2 aromatic heterocycles. The Morgan fingerprint density at radius 3 is 2.45 bits per heavy atom. The summed E-state index contributed by atoms with van der Waals surface area (Å²) in [4.78, 5) is 4.10. The van der Waals surface area contributed by atoms with Crippen LogP contribution in [0.1, 0.15) is 5.56 Å². The van der Waals surface area contributed by atoms with E-state index < -0.39 is 11.7 Å². The van der Waals surface area contributed by atoms with Crippen LogP contribution in [0.2, 0.25) is 0 Å². The van der Waals surface area contributed by atoms with E-state index in [9.17, 15) is 13.2 Å². The maximum absolute atomic E-state index is 12.5. The van der Waals surface area contributed by atoms with Gasteiger partial charge in [0.2, 0.25) is 0 Å². The first-order valence-corrected chi connectivity index (χ1v) is 6.42. The average molecular weight is 342 g/mol. The molecule has 0 radical (unpaired) electrons. The number of imidazole rings is 1. The Balaban J connectivity index is 2.06. The molecule has 3 aromatic rings. The van der Waals surface area contributed by atoms with E-state index in [0.717, 1.165) is 16.6 Å². The lowest BCUT2D eigenvalue weighted by molar-refractivity contribution is -0.137. The third kappa shape index (κ3) is 2.29. The van der Waals surface area contributed by atoms with Crippen LogP contribution in [-0.2, 0) is 6.18 Å². The lowest BCUT2D eigenvalue weighted by Gasteiger charge is -2.08. The summed E-state index contributed by atoms with van der Waals surface area (Å²) in [5.74, 6) is 0. The fourth-order valence-corrected chi connectivity index (χ4v) is 2.35. The Morgan fingerprint density at radius 1 is 1.10 bits per heavy atom. The minimum Gasteiger partial charge on any atom is -0.235 e. The van der Waals surface area contributed by atoms with E-state index in [1.807, 2.05) is 0 Å². The summed E-state index contributed by atoms with van der Waals surface area (Å²) >= 11 is 3.37. The number of fused-ring (bicyclic) bond motifs is 1. The highest BCUT2D eigenvalue weighted by molar-refractivity contribution is 9.10. The lowest BCUT2D eigenvalue weighted by atomic mass is 10.1. The van der Waals surface area contributed by atoms with Crippen LogP contribution < -0.4 is 0 Å². The van der Waals surface area contributed by atoms with Crippen molar-refractivity contribution >= 4 is 21.6 Å². The molecule has 7 heteroatoms. The van der Waals surface area contributed by atoms with E-state index in [2.05, 4.69) is 26.0 Å². The first-order chi connectivity index (χ1) is 9.45. The van der Waals surface area contributed by atoms with Crippen molar-refractivity contribution < 1.29 is 13.2 Å². The number of alkyl halides is 3. The van der Waals surface area contributed by atoms with Gasteiger partial charge >= 0.3 is 6.18 Å². The predicted octanol–water partition coefficient (Wildman–Crippen LogP) is 4.18. The Hall–Kier alpha value is -1.89. The second-order valence-corrected chi connectivity index (χ2v) is 5.00. The molecule has 0 saturated heterocycles. The van der Waals surface area contributed by atoms with Gasteiger partial charge in [0, 0.05) is 18.0 Å². The maximum Gasteiger partial charge on any atom is 0.416 e. The highest BCUT2D eigenvalue weighted by atomic mass is 79.9. The van der Waals surface area contributed by atoms with Crippen LogP contribution >= 0.6 is 15.9 Å². The van der Waals surface area contributed by atoms with Gasteiger partial charge in [0.1, 0.15) is 0 Å². The fourth-order valence-electron chi connectivity index (χ4n) is 1.85. The molecule has 0 amide bonds. The normalized spacial score (nSPS) is 12.0. The first kappa shape index (κ1) is 13.1. The molecule has 0 fully saturated rings. The number of rotatable bonds is 1. The van der Waals surface area contributed by atoms with Crippen molar-refractivity contribution in [1.82, 2.24) is 14.6 Å². The molecular formula is C13H7BrF3N3. The van der Waals surface area contributed by atoms with Gasteiger partial charge in [-0.15, -0.1) is 0 Å². The third-order valence-corrected chi connectivity index (χ3v) is 3.41.